The molecule has 0 aliphatic carbocycles. The molecule has 0 fully saturated rings. The molecule has 0 aliphatic rings. The summed E-state index contributed by atoms with van der Waals surface area (Å²) in [6.45, 7) is 19.3. The van der Waals surface area contributed by atoms with Gasteiger partial charge in [0.25, 0.3) is 0 Å². The number of hydrogen-bond donors (Lipinski definition) is 1. The molecule has 1 amide bonds. The number of rotatable bonds is 6. The molecule has 0 bridgehead atoms. The molecule has 0 aliphatic heterocycles. The third kappa shape index (κ3) is 5.68. The molecule has 0 radical (unpaired) electrons. The number of ether oxygens (including phenoxy) is 1. The third-order valence-corrected chi connectivity index (χ3v) is 7.37. The van der Waals surface area contributed by atoms with E-state index in [-0.39, 0.29) is 5.91 Å². The fourth-order valence-electron chi connectivity index (χ4n) is 5.02. The summed E-state index contributed by atoms with van der Waals surface area (Å²) < 4.78 is 6.21. The fraction of sp³-hybridized carbons (Fsp3) is 0.394. The number of amides is 1. The summed E-state index contributed by atoms with van der Waals surface area (Å²) in [6.07, 6.45) is -1.22. The number of anilines is 1. The van der Waals surface area contributed by atoms with Crippen LogP contribution in [0.1, 0.15) is 72.7 Å². The monoisotopic (exact) mass is 515 g/mol. The zero-order valence-electron chi connectivity index (χ0n) is 24.7. The average Bonchev–Trinajstić information content (AvgIpc) is 2.81. The van der Waals surface area contributed by atoms with Gasteiger partial charge in [-0.15, -0.1) is 0 Å². The second-order valence-electron chi connectivity index (χ2n) is 11.4. The molecule has 202 valence electrons. The lowest BCUT2D eigenvalue weighted by Crippen LogP contribution is -2.30. The summed E-state index contributed by atoms with van der Waals surface area (Å²) in [5, 5.41) is 10.5. The molecule has 0 saturated carbocycles. The van der Waals surface area contributed by atoms with Gasteiger partial charge in [0.1, 0.15) is 0 Å². The van der Waals surface area contributed by atoms with Gasteiger partial charge >= 0.3 is 5.97 Å². The van der Waals surface area contributed by atoms with Crippen molar-refractivity contribution in [2.75, 3.05) is 11.9 Å². The first kappa shape index (κ1) is 29.1. The summed E-state index contributed by atoms with van der Waals surface area (Å²) in [6, 6.07) is 12.5. The molecule has 1 unspecified atom stereocenters. The number of aryl methyl sites for hydroxylation is 4. The first-order chi connectivity index (χ1) is 17.5. The quantitative estimate of drug-likeness (QED) is 0.364. The molecule has 0 aromatic heterocycles. The van der Waals surface area contributed by atoms with Crippen LogP contribution in [0, 0.1) is 41.5 Å². The zero-order valence-corrected chi connectivity index (χ0v) is 24.7. The zero-order chi connectivity index (χ0) is 28.7. The number of aliphatic carboxylic acids is 1. The molecular formula is C33H41NO4. The van der Waals surface area contributed by atoms with Crippen LogP contribution in [-0.4, -0.2) is 29.6 Å². The van der Waals surface area contributed by atoms with E-state index in [2.05, 4.69) is 58.0 Å². The van der Waals surface area contributed by atoms with E-state index in [1.54, 1.807) is 11.9 Å². The minimum Gasteiger partial charge on any atom is -0.479 e. The van der Waals surface area contributed by atoms with Crippen molar-refractivity contribution < 1.29 is 19.4 Å². The van der Waals surface area contributed by atoms with Gasteiger partial charge in [0.15, 0.2) is 6.10 Å². The van der Waals surface area contributed by atoms with Crippen LogP contribution in [0.15, 0.2) is 36.4 Å². The second kappa shape index (κ2) is 10.7. The maximum Gasteiger partial charge on any atom is 0.337 e. The Labute approximate surface area is 227 Å². The van der Waals surface area contributed by atoms with Crippen molar-refractivity contribution in [2.45, 2.75) is 80.9 Å². The van der Waals surface area contributed by atoms with E-state index >= 15 is 0 Å². The summed E-state index contributed by atoms with van der Waals surface area (Å²) in [5.74, 6) is -1.20. The predicted molar refractivity (Wildman–Crippen MR) is 156 cm³/mol. The van der Waals surface area contributed by atoms with E-state index in [1.807, 2.05) is 40.7 Å². The van der Waals surface area contributed by atoms with Gasteiger partial charge in [0.2, 0.25) is 5.91 Å². The van der Waals surface area contributed by atoms with Crippen LogP contribution in [0.25, 0.3) is 22.3 Å². The smallest absolute Gasteiger partial charge is 0.337 e. The highest BCUT2D eigenvalue weighted by molar-refractivity contribution is 6.02. The average molecular weight is 516 g/mol. The van der Waals surface area contributed by atoms with Crippen LogP contribution in [0.4, 0.5) is 5.69 Å². The van der Waals surface area contributed by atoms with Gasteiger partial charge in [-0.25, -0.2) is 4.79 Å². The Morgan fingerprint density at radius 3 is 1.66 bits per heavy atom. The lowest BCUT2D eigenvalue weighted by molar-refractivity contribution is -0.160. The second-order valence-corrected chi connectivity index (χ2v) is 11.4. The van der Waals surface area contributed by atoms with Gasteiger partial charge in [-0.1, -0.05) is 36.4 Å². The Morgan fingerprint density at radius 1 is 0.789 bits per heavy atom. The molecule has 5 heteroatoms. The molecule has 0 saturated heterocycles. The number of nitrogens with zero attached hydrogens (tertiary/aromatic N) is 1. The number of carbonyl (C=O) groups excluding carboxylic acids is 1. The van der Waals surface area contributed by atoms with Crippen LogP contribution in [-0.2, 0) is 14.3 Å². The standard InChI is InChI=1S/C33H41NO4/c1-18-12-14-25(16-20(18)3)27-22(5)28(26-15-13-19(2)21(4)17-26)30(34(11)24(7)35)23(6)29(27)31(32(36)37)38-33(8,9)10/h12-17,31H,1-11H3,(H,36,37). The summed E-state index contributed by atoms with van der Waals surface area (Å²) >= 11 is 0. The summed E-state index contributed by atoms with van der Waals surface area (Å²) in [4.78, 5) is 27.2. The summed E-state index contributed by atoms with van der Waals surface area (Å²) in [7, 11) is 1.74. The lowest BCUT2D eigenvalue weighted by Gasteiger charge is -2.33. The maximum atomic E-state index is 12.8. The molecule has 3 aromatic rings. The van der Waals surface area contributed by atoms with Crippen LogP contribution in [0.5, 0.6) is 0 Å². The van der Waals surface area contributed by atoms with Gasteiger partial charge in [0, 0.05) is 25.1 Å². The molecule has 0 spiro atoms. The topological polar surface area (TPSA) is 66.8 Å². The first-order valence-corrected chi connectivity index (χ1v) is 13.0. The van der Waals surface area contributed by atoms with Crippen molar-refractivity contribution in [1.82, 2.24) is 0 Å². The van der Waals surface area contributed by atoms with Crippen molar-refractivity contribution in [3.05, 3.63) is 75.3 Å². The SMILES string of the molecule is CC(=O)N(C)c1c(C)c(C(OC(C)(C)C)C(=O)O)c(-c2ccc(C)c(C)c2)c(C)c1-c1ccc(C)c(C)c1. The first-order valence-electron chi connectivity index (χ1n) is 13.0. The van der Waals surface area contributed by atoms with Crippen molar-refractivity contribution in [3.63, 3.8) is 0 Å². The van der Waals surface area contributed by atoms with Crippen molar-refractivity contribution in [1.29, 1.82) is 0 Å². The maximum absolute atomic E-state index is 12.8. The Balaban J connectivity index is 2.61. The normalized spacial score (nSPS) is 12.4. The largest absolute Gasteiger partial charge is 0.479 e. The fourth-order valence-corrected chi connectivity index (χ4v) is 5.02. The predicted octanol–water partition coefficient (Wildman–Crippen LogP) is 7.79. The van der Waals surface area contributed by atoms with Gasteiger partial charge in [-0.3, -0.25) is 4.79 Å². The minimum atomic E-state index is -1.22. The Bertz CT molecular complexity index is 1410. The van der Waals surface area contributed by atoms with E-state index < -0.39 is 17.7 Å². The molecule has 1 N–H and O–H groups in total. The highest BCUT2D eigenvalue weighted by Gasteiger charge is 2.35. The van der Waals surface area contributed by atoms with Crippen LogP contribution >= 0.6 is 0 Å². The molecule has 5 nitrogen and oxygen atoms in total. The Kier molecular flexibility index (Phi) is 8.23. The molecule has 1 atom stereocenters. The molecule has 0 heterocycles. The molecule has 38 heavy (non-hydrogen) atoms. The number of carboxylic acids is 1. The van der Waals surface area contributed by atoms with E-state index in [4.69, 9.17) is 4.74 Å². The van der Waals surface area contributed by atoms with Crippen molar-refractivity contribution >= 4 is 17.6 Å². The van der Waals surface area contributed by atoms with E-state index in [0.717, 1.165) is 44.5 Å². The highest BCUT2D eigenvalue weighted by atomic mass is 16.5. The third-order valence-electron chi connectivity index (χ3n) is 7.37. The minimum absolute atomic E-state index is 0.133. The van der Waals surface area contributed by atoms with Crippen molar-refractivity contribution in [2.24, 2.45) is 0 Å². The highest BCUT2D eigenvalue weighted by Crippen LogP contribution is 2.48. The van der Waals surface area contributed by atoms with Gasteiger partial charge in [-0.05, 0) is 112 Å². The lowest BCUT2D eigenvalue weighted by atomic mass is 9.81. The van der Waals surface area contributed by atoms with E-state index in [1.165, 1.54) is 12.5 Å². The number of benzene rings is 3. The molecular weight excluding hydrogens is 474 g/mol. The Hall–Kier alpha value is -3.44. The van der Waals surface area contributed by atoms with Crippen LogP contribution < -0.4 is 4.90 Å². The summed E-state index contributed by atoms with van der Waals surface area (Å²) in [5.41, 5.74) is 10.4. The van der Waals surface area contributed by atoms with Gasteiger partial charge in [0.05, 0.1) is 11.3 Å². The van der Waals surface area contributed by atoms with Crippen LogP contribution in [0.3, 0.4) is 0 Å². The van der Waals surface area contributed by atoms with Crippen molar-refractivity contribution in [3.8, 4) is 22.3 Å². The number of hydrogen-bond acceptors (Lipinski definition) is 3. The van der Waals surface area contributed by atoms with Gasteiger partial charge in [-0.2, -0.15) is 0 Å². The Morgan fingerprint density at radius 2 is 1.26 bits per heavy atom. The molecule has 3 rings (SSSR count). The van der Waals surface area contributed by atoms with Gasteiger partial charge < -0.3 is 14.7 Å². The van der Waals surface area contributed by atoms with E-state index in [0.29, 0.717) is 16.8 Å². The number of carboxylic acid groups (broad SMARTS) is 1. The van der Waals surface area contributed by atoms with Crippen LogP contribution in [0.2, 0.25) is 0 Å². The number of carbonyl (C=O) groups is 2. The molecule has 3 aromatic carbocycles. The van der Waals surface area contributed by atoms with E-state index in [9.17, 15) is 14.7 Å².